The van der Waals surface area contributed by atoms with Crippen LogP contribution in [0.3, 0.4) is 0 Å². The molecule has 1 amide bonds. The number of thioether (sulfide) groups is 1. The van der Waals surface area contributed by atoms with Gasteiger partial charge in [-0.1, -0.05) is 80.1 Å². The van der Waals surface area contributed by atoms with Crippen LogP contribution < -0.4 is 10.1 Å². The molecule has 0 aliphatic heterocycles. The lowest BCUT2D eigenvalue weighted by atomic mass is 10.2. The highest BCUT2D eigenvalue weighted by molar-refractivity contribution is 7.98. The van der Waals surface area contributed by atoms with Crippen molar-refractivity contribution in [1.82, 2.24) is 5.32 Å². The average Bonchev–Trinajstić information content (AvgIpc) is 2.83. The van der Waals surface area contributed by atoms with Gasteiger partial charge >= 0.3 is 6.09 Å². The van der Waals surface area contributed by atoms with Crippen molar-refractivity contribution in [3.05, 3.63) is 96.1 Å². The van der Waals surface area contributed by atoms with Crippen molar-refractivity contribution in [2.24, 2.45) is 0 Å². The van der Waals surface area contributed by atoms with Crippen molar-refractivity contribution >= 4 is 17.9 Å². The number of carbonyl (C=O) groups excluding carboxylic acids is 1. The van der Waals surface area contributed by atoms with Gasteiger partial charge in [0.15, 0.2) is 0 Å². The van der Waals surface area contributed by atoms with Crippen molar-refractivity contribution in [2.45, 2.75) is 57.8 Å². The van der Waals surface area contributed by atoms with Crippen LogP contribution in [0.1, 0.15) is 45.7 Å². The fourth-order valence-electron chi connectivity index (χ4n) is 2.54. The van der Waals surface area contributed by atoms with E-state index in [1.807, 2.05) is 83.1 Å². The Kier molecular flexibility index (Phi) is 14.3. The van der Waals surface area contributed by atoms with E-state index in [1.54, 1.807) is 11.8 Å². The summed E-state index contributed by atoms with van der Waals surface area (Å²) >= 11 is 1.79. The highest BCUT2D eigenvalue weighted by atomic mass is 32.2. The van der Waals surface area contributed by atoms with Gasteiger partial charge in [-0.3, -0.25) is 0 Å². The van der Waals surface area contributed by atoms with Gasteiger partial charge in [-0.15, -0.1) is 11.8 Å². The summed E-state index contributed by atoms with van der Waals surface area (Å²) in [6, 6.07) is 28.6. The van der Waals surface area contributed by atoms with Gasteiger partial charge in [0.25, 0.3) is 0 Å². The molecule has 34 heavy (non-hydrogen) atoms. The first kappa shape index (κ1) is 29.1. The Bertz CT molecular complexity index is 908. The molecule has 0 saturated heterocycles. The van der Waals surface area contributed by atoms with E-state index in [9.17, 15) is 4.79 Å². The first-order chi connectivity index (χ1) is 16.3. The van der Waals surface area contributed by atoms with E-state index in [4.69, 9.17) is 9.47 Å². The lowest BCUT2D eigenvalue weighted by Crippen LogP contribution is -2.34. The van der Waals surface area contributed by atoms with E-state index in [-0.39, 0.29) is 0 Å². The van der Waals surface area contributed by atoms with Gasteiger partial charge in [0.2, 0.25) is 0 Å². The summed E-state index contributed by atoms with van der Waals surface area (Å²) in [6.07, 6.45) is -0.427. The molecular weight excluding hydrogens is 442 g/mol. The summed E-state index contributed by atoms with van der Waals surface area (Å²) in [7, 11) is 0. The van der Waals surface area contributed by atoms with Gasteiger partial charge < -0.3 is 14.8 Å². The van der Waals surface area contributed by atoms with E-state index < -0.39 is 11.7 Å². The SMILES string of the molecule is CC.CC(C)(C)OC(=O)NCCOc1ccc(SCc2ccccc2)cc1.Cc1ccccc1. The molecule has 0 atom stereocenters. The van der Waals surface area contributed by atoms with Crippen LogP contribution in [-0.4, -0.2) is 24.8 Å². The Morgan fingerprint density at radius 1 is 0.853 bits per heavy atom. The van der Waals surface area contributed by atoms with Crippen LogP contribution in [0.5, 0.6) is 5.75 Å². The molecule has 4 nitrogen and oxygen atoms in total. The number of hydrogen-bond donors (Lipinski definition) is 1. The summed E-state index contributed by atoms with van der Waals surface area (Å²) in [5.41, 5.74) is 2.14. The number of carbonyl (C=O) groups is 1. The van der Waals surface area contributed by atoms with Crippen LogP contribution in [0.15, 0.2) is 89.8 Å². The number of alkyl carbamates (subject to hydrolysis) is 1. The second kappa shape index (κ2) is 16.7. The highest BCUT2D eigenvalue weighted by Gasteiger charge is 2.15. The van der Waals surface area contributed by atoms with Gasteiger partial charge in [-0.05, 0) is 57.5 Å². The molecule has 3 aromatic rings. The van der Waals surface area contributed by atoms with Crippen molar-refractivity contribution in [1.29, 1.82) is 0 Å². The third-order valence-corrected chi connectivity index (χ3v) is 5.13. The minimum absolute atomic E-state index is 0.399. The number of ether oxygens (including phenoxy) is 2. The highest BCUT2D eigenvalue weighted by Crippen LogP contribution is 2.24. The standard InChI is InChI=1S/C20H25NO3S.C7H8.C2H6/c1-20(2,3)24-19(22)21-13-14-23-17-9-11-18(12-10-17)25-15-16-7-5-4-6-8-16;1-7-5-3-2-4-6-7;1-2/h4-12H,13-15H2,1-3H3,(H,21,22);2-6H,1H3;1-2H3. The number of nitrogens with one attached hydrogen (secondary N) is 1. The Morgan fingerprint density at radius 2 is 1.41 bits per heavy atom. The molecule has 184 valence electrons. The largest absolute Gasteiger partial charge is 0.492 e. The number of rotatable bonds is 7. The predicted octanol–water partition coefficient (Wildman–Crippen LogP) is 7.90. The summed E-state index contributed by atoms with van der Waals surface area (Å²) in [4.78, 5) is 12.7. The molecule has 0 radical (unpaired) electrons. The average molecular weight is 482 g/mol. The first-order valence-electron chi connectivity index (χ1n) is 11.7. The molecule has 0 aromatic heterocycles. The van der Waals surface area contributed by atoms with Crippen LogP contribution in [0.2, 0.25) is 0 Å². The monoisotopic (exact) mass is 481 g/mol. The van der Waals surface area contributed by atoms with Gasteiger partial charge in [0, 0.05) is 10.6 Å². The Hall–Kier alpha value is -2.92. The number of benzene rings is 3. The molecule has 0 aliphatic rings. The van der Waals surface area contributed by atoms with Crippen LogP contribution in [0.4, 0.5) is 4.79 Å². The second-order valence-corrected chi connectivity index (χ2v) is 9.23. The van der Waals surface area contributed by atoms with E-state index in [0.717, 1.165) is 11.5 Å². The fourth-order valence-corrected chi connectivity index (χ4v) is 3.40. The third kappa shape index (κ3) is 14.3. The zero-order chi connectivity index (χ0) is 25.2. The smallest absolute Gasteiger partial charge is 0.407 e. The number of amides is 1. The molecule has 1 N–H and O–H groups in total. The predicted molar refractivity (Wildman–Crippen MR) is 145 cm³/mol. The number of aryl methyl sites for hydroxylation is 1. The molecule has 0 spiro atoms. The van der Waals surface area contributed by atoms with E-state index >= 15 is 0 Å². The lowest BCUT2D eigenvalue weighted by molar-refractivity contribution is 0.0520. The van der Waals surface area contributed by atoms with Gasteiger partial charge in [0.1, 0.15) is 18.0 Å². The van der Waals surface area contributed by atoms with Crippen LogP contribution in [0.25, 0.3) is 0 Å². The van der Waals surface area contributed by atoms with Crippen molar-refractivity contribution < 1.29 is 14.3 Å². The minimum Gasteiger partial charge on any atom is -0.492 e. The second-order valence-electron chi connectivity index (χ2n) is 8.18. The normalized spacial score (nSPS) is 10.1. The van der Waals surface area contributed by atoms with Gasteiger partial charge in [-0.25, -0.2) is 4.79 Å². The summed E-state index contributed by atoms with van der Waals surface area (Å²) in [6.45, 7) is 12.4. The van der Waals surface area contributed by atoms with E-state index in [1.165, 1.54) is 16.0 Å². The molecule has 0 fully saturated rings. The molecule has 0 saturated carbocycles. The van der Waals surface area contributed by atoms with Gasteiger partial charge in [-0.2, -0.15) is 0 Å². The summed E-state index contributed by atoms with van der Waals surface area (Å²) in [5, 5.41) is 2.67. The molecule has 5 heteroatoms. The minimum atomic E-state index is -0.488. The molecule has 0 heterocycles. The maximum Gasteiger partial charge on any atom is 0.407 e. The van der Waals surface area contributed by atoms with E-state index in [2.05, 4.69) is 48.6 Å². The van der Waals surface area contributed by atoms with Crippen molar-refractivity contribution in [2.75, 3.05) is 13.2 Å². The molecule has 3 aromatic carbocycles. The maximum absolute atomic E-state index is 11.5. The molecule has 0 aliphatic carbocycles. The summed E-state index contributed by atoms with van der Waals surface area (Å²) in [5.74, 6) is 1.73. The Morgan fingerprint density at radius 3 is 1.91 bits per heavy atom. The Balaban J connectivity index is 0.000000540. The van der Waals surface area contributed by atoms with Crippen LogP contribution in [-0.2, 0) is 10.5 Å². The van der Waals surface area contributed by atoms with Crippen molar-refractivity contribution in [3.63, 3.8) is 0 Å². The van der Waals surface area contributed by atoms with E-state index in [0.29, 0.717) is 13.2 Å². The zero-order valence-corrected chi connectivity index (χ0v) is 22.2. The fraction of sp³-hybridized carbons (Fsp3) is 0.345. The quantitative estimate of drug-likeness (QED) is 0.275. The third-order valence-electron chi connectivity index (χ3n) is 4.05. The molecular formula is C29H39NO3S. The zero-order valence-electron chi connectivity index (χ0n) is 21.3. The topological polar surface area (TPSA) is 47.6 Å². The maximum atomic E-state index is 11.5. The molecule has 3 rings (SSSR count). The summed E-state index contributed by atoms with van der Waals surface area (Å²) < 4.78 is 10.8. The van der Waals surface area contributed by atoms with Crippen LogP contribution in [0, 0.1) is 6.92 Å². The van der Waals surface area contributed by atoms with Crippen LogP contribution >= 0.6 is 11.8 Å². The lowest BCUT2D eigenvalue weighted by Gasteiger charge is -2.19. The van der Waals surface area contributed by atoms with Gasteiger partial charge in [0.05, 0.1) is 6.54 Å². The number of hydrogen-bond acceptors (Lipinski definition) is 4. The molecule has 0 unspecified atom stereocenters. The first-order valence-corrected chi connectivity index (χ1v) is 12.7. The Labute approximate surface area is 210 Å². The molecule has 0 bridgehead atoms. The van der Waals surface area contributed by atoms with Crippen molar-refractivity contribution in [3.8, 4) is 5.75 Å².